The molecule has 3 N–H and O–H groups in total. The smallest absolute Gasteiger partial charge is 0.239 e. The van der Waals surface area contributed by atoms with E-state index in [1.165, 1.54) is 12.4 Å². The highest BCUT2D eigenvalue weighted by molar-refractivity contribution is 5.81. The summed E-state index contributed by atoms with van der Waals surface area (Å²) in [7, 11) is 3.31. The number of nitrogens with two attached hydrogens (primary N) is 1. The lowest BCUT2D eigenvalue weighted by Gasteiger charge is -2.18. The third-order valence-corrected chi connectivity index (χ3v) is 2.08. The van der Waals surface area contributed by atoms with Crippen molar-refractivity contribution in [3.8, 4) is 0 Å². The summed E-state index contributed by atoms with van der Waals surface area (Å²) in [6.45, 7) is 1.15. The second-order valence-corrected chi connectivity index (χ2v) is 3.46. The minimum absolute atomic E-state index is 0.116. The molecular weight excluding hydrogens is 222 g/mol. The Labute approximate surface area is 100.0 Å². The Kier molecular flexibility index (Phi) is 5.15. The number of likely N-dealkylation sites (N-methyl/N-ethyl adjacent to an activating group) is 1. The van der Waals surface area contributed by atoms with E-state index in [0.29, 0.717) is 24.8 Å². The molecule has 0 aliphatic rings. The van der Waals surface area contributed by atoms with Gasteiger partial charge in [0.2, 0.25) is 5.91 Å². The van der Waals surface area contributed by atoms with E-state index >= 15 is 0 Å². The van der Waals surface area contributed by atoms with Crippen LogP contribution in [-0.4, -0.2) is 49.7 Å². The maximum atomic E-state index is 11.5. The molecule has 7 nitrogen and oxygen atoms in total. The van der Waals surface area contributed by atoms with Crippen molar-refractivity contribution >= 4 is 17.5 Å². The number of carbonyl (C=O) groups is 1. The number of ether oxygens (including phenoxy) is 1. The fraction of sp³-hybridized carbons (Fsp3) is 0.500. The van der Waals surface area contributed by atoms with Crippen LogP contribution >= 0.6 is 0 Å². The number of anilines is 2. The Balaban J connectivity index is 2.46. The zero-order valence-corrected chi connectivity index (χ0v) is 10.0. The van der Waals surface area contributed by atoms with Crippen LogP contribution in [0.15, 0.2) is 12.4 Å². The molecule has 17 heavy (non-hydrogen) atoms. The van der Waals surface area contributed by atoms with Crippen molar-refractivity contribution in [2.75, 3.05) is 44.5 Å². The zero-order valence-electron chi connectivity index (χ0n) is 10.0. The lowest BCUT2D eigenvalue weighted by atomic mass is 10.4. The van der Waals surface area contributed by atoms with Crippen molar-refractivity contribution in [1.82, 2.24) is 15.3 Å². The first-order valence-electron chi connectivity index (χ1n) is 5.18. The molecule has 0 aromatic carbocycles. The summed E-state index contributed by atoms with van der Waals surface area (Å²) in [6, 6.07) is 0. The number of methoxy groups -OCH3 is 1. The molecular formula is C10H17N5O2. The summed E-state index contributed by atoms with van der Waals surface area (Å²) in [4.78, 5) is 21.1. The van der Waals surface area contributed by atoms with Crippen LogP contribution in [0.25, 0.3) is 0 Å². The maximum absolute atomic E-state index is 11.5. The molecule has 0 radical (unpaired) electrons. The first-order valence-corrected chi connectivity index (χ1v) is 5.18. The number of hydrogen-bond donors (Lipinski definition) is 2. The minimum atomic E-state index is -0.116. The van der Waals surface area contributed by atoms with Gasteiger partial charge in [0.15, 0.2) is 11.6 Å². The van der Waals surface area contributed by atoms with E-state index in [2.05, 4.69) is 15.3 Å². The van der Waals surface area contributed by atoms with E-state index in [1.54, 1.807) is 19.1 Å². The van der Waals surface area contributed by atoms with Gasteiger partial charge in [-0.05, 0) is 0 Å². The van der Waals surface area contributed by atoms with Crippen LogP contribution in [0.1, 0.15) is 0 Å². The van der Waals surface area contributed by atoms with Crippen LogP contribution < -0.4 is 16.0 Å². The van der Waals surface area contributed by atoms with E-state index in [0.717, 1.165) is 0 Å². The molecule has 94 valence electrons. The molecule has 1 rings (SSSR count). The van der Waals surface area contributed by atoms with Crippen molar-refractivity contribution in [3.63, 3.8) is 0 Å². The summed E-state index contributed by atoms with van der Waals surface area (Å²) in [5, 5.41) is 2.71. The van der Waals surface area contributed by atoms with Crippen LogP contribution in [0.2, 0.25) is 0 Å². The number of amides is 1. The molecule has 1 amide bonds. The highest BCUT2D eigenvalue weighted by Gasteiger charge is 2.11. The lowest BCUT2D eigenvalue weighted by Crippen LogP contribution is -2.37. The van der Waals surface area contributed by atoms with E-state index < -0.39 is 0 Å². The van der Waals surface area contributed by atoms with Gasteiger partial charge in [-0.3, -0.25) is 4.79 Å². The van der Waals surface area contributed by atoms with Crippen LogP contribution in [0.3, 0.4) is 0 Å². The van der Waals surface area contributed by atoms with Gasteiger partial charge < -0.3 is 20.7 Å². The van der Waals surface area contributed by atoms with Crippen LogP contribution in [-0.2, 0) is 9.53 Å². The van der Waals surface area contributed by atoms with E-state index in [1.807, 2.05) is 0 Å². The Bertz CT molecular complexity index is 371. The largest absolute Gasteiger partial charge is 0.383 e. The summed E-state index contributed by atoms with van der Waals surface area (Å²) >= 11 is 0. The second kappa shape index (κ2) is 6.64. The quantitative estimate of drug-likeness (QED) is 0.635. The average Bonchev–Trinajstić information content (AvgIpc) is 2.29. The summed E-state index contributed by atoms with van der Waals surface area (Å²) < 4.78 is 4.83. The van der Waals surface area contributed by atoms with Gasteiger partial charge in [-0.15, -0.1) is 0 Å². The van der Waals surface area contributed by atoms with Gasteiger partial charge in [0.05, 0.1) is 13.2 Å². The molecule has 0 aliphatic heterocycles. The summed E-state index contributed by atoms with van der Waals surface area (Å²) in [5.74, 6) is 0.684. The fourth-order valence-corrected chi connectivity index (χ4v) is 1.27. The third-order valence-electron chi connectivity index (χ3n) is 2.08. The van der Waals surface area contributed by atoms with Crippen molar-refractivity contribution in [1.29, 1.82) is 0 Å². The number of nitrogens with zero attached hydrogens (tertiary/aromatic N) is 3. The van der Waals surface area contributed by atoms with E-state index in [-0.39, 0.29) is 12.5 Å². The number of carbonyl (C=O) groups excluding carboxylic acids is 1. The topological polar surface area (TPSA) is 93.4 Å². The predicted molar refractivity (Wildman–Crippen MR) is 64.6 cm³/mol. The molecule has 1 aromatic heterocycles. The third kappa shape index (κ3) is 4.23. The van der Waals surface area contributed by atoms with E-state index in [4.69, 9.17) is 10.5 Å². The Morgan fingerprint density at radius 1 is 1.53 bits per heavy atom. The average molecular weight is 239 g/mol. The number of nitrogens with one attached hydrogen (secondary N) is 1. The first kappa shape index (κ1) is 13.2. The first-order chi connectivity index (χ1) is 8.15. The molecule has 0 saturated carbocycles. The normalized spacial score (nSPS) is 10.0. The monoisotopic (exact) mass is 239 g/mol. The number of aromatic nitrogens is 2. The lowest BCUT2D eigenvalue weighted by molar-refractivity contribution is -0.119. The molecule has 0 unspecified atom stereocenters. The van der Waals surface area contributed by atoms with Gasteiger partial charge in [0, 0.05) is 33.1 Å². The molecule has 0 aliphatic carbocycles. The fourth-order valence-electron chi connectivity index (χ4n) is 1.27. The number of nitrogen functional groups attached to an aromatic ring is 1. The standard InChI is InChI=1S/C10H17N5O2/c1-15(7-8(16)12-5-6-17-2)10-9(11)13-3-4-14-10/h3-4H,5-7H2,1-2H3,(H2,11,13)(H,12,16). The van der Waals surface area contributed by atoms with Gasteiger partial charge in [0.1, 0.15) is 0 Å². The molecule has 0 spiro atoms. The molecule has 1 heterocycles. The summed E-state index contributed by atoms with van der Waals surface area (Å²) in [6.07, 6.45) is 3.04. The summed E-state index contributed by atoms with van der Waals surface area (Å²) in [5.41, 5.74) is 5.65. The molecule has 0 atom stereocenters. The Hall–Kier alpha value is -1.89. The molecule has 0 fully saturated rings. The van der Waals surface area contributed by atoms with Crippen molar-refractivity contribution in [2.45, 2.75) is 0 Å². The Morgan fingerprint density at radius 2 is 2.24 bits per heavy atom. The van der Waals surface area contributed by atoms with Gasteiger partial charge in [-0.1, -0.05) is 0 Å². The highest BCUT2D eigenvalue weighted by Crippen LogP contribution is 2.13. The van der Waals surface area contributed by atoms with Crippen LogP contribution in [0, 0.1) is 0 Å². The van der Waals surface area contributed by atoms with Gasteiger partial charge in [-0.2, -0.15) is 0 Å². The highest BCUT2D eigenvalue weighted by atomic mass is 16.5. The van der Waals surface area contributed by atoms with Gasteiger partial charge in [0.25, 0.3) is 0 Å². The van der Waals surface area contributed by atoms with Crippen molar-refractivity contribution in [3.05, 3.63) is 12.4 Å². The maximum Gasteiger partial charge on any atom is 0.239 e. The van der Waals surface area contributed by atoms with Crippen LogP contribution in [0.5, 0.6) is 0 Å². The van der Waals surface area contributed by atoms with Crippen molar-refractivity contribution in [2.24, 2.45) is 0 Å². The SMILES string of the molecule is COCCNC(=O)CN(C)c1nccnc1N. The minimum Gasteiger partial charge on any atom is -0.383 e. The van der Waals surface area contributed by atoms with Gasteiger partial charge >= 0.3 is 0 Å². The molecule has 0 saturated heterocycles. The van der Waals surface area contributed by atoms with E-state index in [9.17, 15) is 4.79 Å². The molecule has 0 bridgehead atoms. The van der Waals surface area contributed by atoms with Crippen LogP contribution in [0.4, 0.5) is 11.6 Å². The molecule has 7 heteroatoms. The number of hydrogen-bond acceptors (Lipinski definition) is 6. The Morgan fingerprint density at radius 3 is 2.88 bits per heavy atom. The second-order valence-electron chi connectivity index (χ2n) is 3.46. The van der Waals surface area contributed by atoms with Crippen molar-refractivity contribution < 1.29 is 9.53 Å². The molecule has 1 aromatic rings. The zero-order chi connectivity index (χ0) is 12.7. The predicted octanol–water partition coefficient (Wildman–Crippen LogP) is -0.742. The number of rotatable bonds is 6. The van der Waals surface area contributed by atoms with Gasteiger partial charge in [-0.25, -0.2) is 9.97 Å².